The number of fused-ring (bicyclic) bond motifs is 2. The summed E-state index contributed by atoms with van der Waals surface area (Å²) in [6, 6.07) is 14.0. The molecule has 1 aliphatic carbocycles. The van der Waals surface area contributed by atoms with Crippen LogP contribution in [-0.2, 0) is 9.59 Å². The summed E-state index contributed by atoms with van der Waals surface area (Å²) in [5, 5.41) is 5.32. The summed E-state index contributed by atoms with van der Waals surface area (Å²) in [6.45, 7) is -0.207. The van der Waals surface area contributed by atoms with E-state index in [0.717, 1.165) is 23.9 Å². The molecule has 2 aromatic carbocycles. The van der Waals surface area contributed by atoms with Crippen LogP contribution in [-0.4, -0.2) is 45.2 Å². The second-order valence-electron chi connectivity index (χ2n) is 7.30. The zero-order chi connectivity index (χ0) is 20.0. The zero-order valence-corrected chi connectivity index (χ0v) is 15.5. The van der Waals surface area contributed by atoms with Gasteiger partial charge in [-0.3, -0.25) is 19.7 Å². The second-order valence-corrected chi connectivity index (χ2v) is 7.30. The van der Waals surface area contributed by atoms with Gasteiger partial charge in [0.2, 0.25) is 17.8 Å². The monoisotopic (exact) mass is 389 g/mol. The van der Waals surface area contributed by atoms with Crippen molar-refractivity contribution in [3.05, 3.63) is 59.7 Å². The van der Waals surface area contributed by atoms with Crippen LogP contribution in [0.2, 0.25) is 0 Å². The number of carbonyl (C=O) groups is 3. The van der Waals surface area contributed by atoms with Gasteiger partial charge in [0.25, 0.3) is 5.91 Å². The Morgan fingerprint density at radius 2 is 1.86 bits per heavy atom. The fourth-order valence-electron chi connectivity index (χ4n) is 3.79. The number of imidazole rings is 1. The van der Waals surface area contributed by atoms with Crippen LogP contribution in [0.1, 0.15) is 34.8 Å². The number of para-hydroxylation sites is 2. The molecule has 2 aliphatic rings. The van der Waals surface area contributed by atoms with Gasteiger partial charge in [-0.25, -0.2) is 4.98 Å². The lowest BCUT2D eigenvalue weighted by molar-refractivity contribution is -0.127. The maximum Gasteiger partial charge on any atom is 0.255 e. The topological polar surface area (TPSA) is 107 Å². The first-order valence-electron chi connectivity index (χ1n) is 9.56. The molecule has 2 heterocycles. The number of aromatic nitrogens is 2. The van der Waals surface area contributed by atoms with Gasteiger partial charge in [0, 0.05) is 11.6 Å². The van der Waals surface area contributed by atoms with Gasteiger partial charge in [-0.2, -0.15) is 0 Å². The molecule has 1 aliphatic heterocycles. The summed E-state index contributed by atoms with van der Waals surface area (Å²) >= 11 is 0. The van der Waals surface area contributed by atoms with E-state index in [-0.39, 0.29) is 24.4 Å². The zero-order valence-electron chi connectivity index (χ0n) is 15.5. The number of nitrogens with zero attached hydrogens (tertiary/aromatic N) is 2. The lowest BCUT2D eigenvalue weighted by Crippen LogP contribution is -2.42. The summed E-state index contributed by atoms with van der Waals surface area (Å²) in [4.78, 5) is 46.8. The first-order chi connectivity index (χ1) is 14.1. The van der Waals surface area contributed by atoms with Gasteiger partial charge >= 0.3 is 0 Å². The minimum absolute atomic E-state index is 0.0926. The number of anilines is 1. The number of benzene rings is 2. The molecule has 3 aromatic rings. The van der Waals surface area contributed by atoms with Gasteiger partial charge in [0.15, 0.2) is 0 Å². The fourth-order valence-corrected chi connectivity index (χ4v) is 3.79. The van der Waals surface area contributed by atoms with Crippen LogP contribution in [0.5, 0.6) is 0 Å². The van der Waals surface area contributed by atoms with Crippen molar-refractivity contribution >= 4 is 34.7 Å². The Morgan fingerprint density at radius 1 is 1.10 bits per heavy atom. The van der Waals surface area contributed by atoms with Gasteiger partial charge in [-0.1, -0.05) is 30.3 Å². The van der Waals surface area contributed by atoms with E-state index in [1.807, 2.05) is 30.3 Å². The third-order valence-electron chi connectivity index (χ3n) is 5.26. The summed E-state index contributed by atoms with van der Waals surface area (Å²) in [5.74, 6) is -0.538. The number of H-pyrrole nitrogens is 1. The molecule has 1 unspecified atom stereocenters. The smallest absolute Gasteiger partial charge is 0.255 e. The highest BCUT2D eigenvalue weighted by atomic mass is 16.2. The quantitative estimate of drug-likeness (QED) is 0.620. The molecule has 146 valence electrons. The van der Waals surface area contributed by atoms with Crippen LogP contribution < -0.4 is 10.6 Å². The van der Waals surface area contributed by atoms with E-state index in [1.165, 1.54) is 0 Å². The molecule has 1 aromatic heterocycles. The van der Waals surface area contributed by atoms with E-state index in [9.17, 15) is 14.4 Å². The Bertz CT molecular complexity index is 1100. The molecule has 29 heavy (non-hydrogen) atoms. The average Bonchev–Trinajstić information content (AvgIpc) is 3.41. The predicted molar refractivity (Wildman–Crippen MR) is 106 cm³/mol. The number of amides is 3. The minimum atomic E-state index is -0.690. The van der Waals surface area contributed by atoms with Crippen LogP contribution in [0.4, 0.5) is 5.95 Å². The lowest BCUT2D eigenvalue weighted by atomic mass is 10.0. The Morgan fingerprint density at radius 3 is 2.66 bits per heavy atom. The molecule has 8 nitrogen and oxygen atoms in total. The van der Waals surface area contributed by atoms with Crippen molar-refractivity contribution in [2.45, 2.75) is 24.9 Å². The first kappa shape index (κ1) is 17.4. The molecule has 1 saturated carbocycles. The molecule has 0 radical (unpaired) electrons. The number of rotatable bonds is 5. The SMILES string of the molecule is O=C(CNC(=O)C1c2ccccc2C(=O)N1C1CC1)Nc1nc2ccccc2[nH]1. The number of hydrogen-bond acceptors (Lipinski definition) is 4. The van der Waals surface area contributed by atoms with Crippen LogP contribution in [0.25, 0.3) is 11.0 Å². The fraction of sp³-hybridized carbons (Fsp3) is 0.238. The van der Waals surface area contributed by atoms with Crippen molar-refractivity contribution in [3.8, 4) is 0 Å². The van der Waals surface area contributed by atoms with E-state index in [2.05, 4.69) is 20.6 Å². The predicted octanol–water partition coefficient (Wildman–Crippen LogP) is 1.98. The molecule has 0 spiro atoms. The highest BCUT2D eigenvalue weighted by Crippen LogP contribution is 2.41. The maximum atomic E-state index is 12.9. The molecule has 5 rings (SSSR count). The van der Waals surface area contributed by atoms with Crippen LogP contribution in [0, 0.1) is 0 Å². The van der Waals surface area contributed by atoms with Gasteiger partial charge in [0.1, 0.15) is 6.04 Å². The van der Waals surface area contributed by atoms with Crippen LogP contribution >= 0.6 is 0 Å². The maximum absolute atomic E-state index is 12.9. The molecule has 0 bridgehead atoms. The first-order valence-corrected chi connectivity index (χ1v) is 9.56. The molecular weight excluding hydrogens is 370 g/mol. The number of aromatic amines is 1. The molecular formula is C21H19N5O3. The third-order valence-corrected chi connectivity index (χ3v) is 5.26. The average molecular weight is 389 g/mol. The number of hydrogen-bond donors (Lipinski definition) is 3. The van der Waals surface area contributed by atoms with E-state index < -0.39 is 11.9 Å². The molecule has 3 amide bonds. The van der Waals surface area contributed by atoms with Crippen LogP contribution in [0.3, 0.4) is 0 Å². The summed E-state index contributed by atoms with van der Waals surface area (Å²) < 4.78 is 0. The van der Waals surface area contributed by atoms with Gasteiger partial charge in [-0.15, -0.1) is 0 Å². The van der Waals surface area contributed by atoms with E-state index in [0.29, 0.717) is 17.1 Å². The Kier molecular flexibility index (Phi) is 4.04. The summed E-state index contributed by atoms with van der Waals surface area (Å²) in [5.41, 5.74) is 2.81. The highest BCUT2D eigenvalue weighted by Gasteiger charge is 2.47. The van der Waals surface area contributed by atoms with Crippen molar-refractivity contribution in [3.63, 3.8) is 0 Å². The molecule has 3 N–H and O–H groups in total. The Balaban J connectivity index is 1.27. The largest absolute Gasteiger partial charge is 0.345 e. The number of nitrogens with one attached hydrogen (secondary N) is 3. The summed E-state index contributed by atoms with van der Waals surface area (Å²) in [7, 11) is 0. The standard InChI is InChI=1S/C21H19N5O3/c27-17(25-21-23-15-7-3-4-8-16(15)24-21)11-22-19(28)18-13-5-1-2-6-14(13)20(29)26(18)12-9-10-12/h1-8,12,18H,9-11H2,(H,22,28)(H2,23,24,25,27). The van der Waals surface area contributed by atoms with E-state index >= 15 is 0 Å². The summed E-state index contributed by atoms with van der Waals surface area (Å²) in [6.07, 6.45) is 1.80. The molecule has 1 atom stereocenters. The Labute approximate surface area is 166 Å². The van der Waals surface area contributed by atoms with E-state index in [1.54, 1.807) is 23.1 Å². The highest BCUT2D eigenvalue weighted by molar-refractivity contribution is 6.05. The van der Waals surface area contributed by atoms with Gasteiger partial charge in [0.05, 0.1) is 17.6 Å². The third kappa shape index (κ3) is 3.12. The normalized spacial score (nSPS) is 18.0. The number of carbonyl (C=O) groups excluding carboxylic acids is 3. The lowest BCUT2D eigenvalue weighted by Gasteiger charge is -2.24. The van der Waals surface area contributed by atoms with Crippen molar-refractivity contribution in [1.29, 1.82) is 0 Å². The van der Waals surface area contributed by atoms with Crippen LogP contribution in [0.15, 0.2) is 48.5 Å². The van der Waals surface area contributed by atoms with Gasteiger partial charge in [-0.05, 0) is 36.6 Å². The minimum Gasteiger partial charge on any atom is -0.345 e. The van der Waals surface area contributed by atoms with Crippen molar-refractivity contribution in [1.82, 2.24) is 20.2 Å². The van der Waals surface area contributed by atoms with Gasteiger partial charge < -0.3 is 15.2 Å². The second kappa shape index (κ2) is 6.73. The van der Waals surface area contributed by atoms with Crippen molar-refractivity contribution in [2.75, 3.05) is 11.9 Å². The molecule has 0 saturated heterocycles. The molecule has 1 fully saturated rings. The molecule has 8 heteroatoms. The van der Waals surface area contributed by atoms with Crippen molar-refractivity contribution in [2.24, 2.45) is 0 Å². The van der Waals surface area contributed by atoms with Crippen molar-refractivity contribution < 1.29 is 14.4 Å². The van der Waals surface area contributed by atoms with E-state index in [4.69, 9.17) is 0 Å². The Hall–Kier alpha value is -3.68.